The van der Waals surface area contributed by atoms with Crippen LogP contribution in [0.5, 0.6) is 0 Å². The van der Waals surface area contributed by atoms with Crippen molar-refractivity contribution in [2.24, 2.45) is 0 Å². The van der Waals surface area contributed by atoms with E-state index in [1.165, 1.54) is 4.31 Å². The van der Waals surface area contributed by atoms with Gasteiger partial charge in [-0.05, 0) is 30.7 Å². The number of hydrogen-bond donors (Lipinski definition) is 1. The monoisotopic (exact) mass is 294 g/mol. The molecule has 0 aliphatic heterocycles. The number of nitrogens with two attached hydrogens (primary N) is 1. The van der Waals surface area contributed by atoms with Crippen LogP contribution in [-0.4, -0.2) is 19.8 Å². The van der Waals surface area contributed by atoms with Crippen LogP contribution in [0.3, 0.4) is 0 Å². The Labute approximate surface area is 119 Å². The Kier molecular flexibility index (Phi) is 4.15. The fraction of sp³-hybridized carbons (Fsp3) is 0.286. The Morgan fingerprint density at radius 1 is 1.30 bits per heavy atom. The second kappa shape index (κ2) is 5.68. The lowest BCUT2D eigenvalue weighted by Gasteiger charge is -2.17. The zero-order chi connectivity index (χ0) is 14.8. The molecule has 0 spiro atoms. The Morgan fingerprint density at radius 2 is 2.05 bits per heavy atom. The van der Waals surface area contributed by atoms with Crippen LogP contribution >= 0.6 is 0 Å². The summed E-state index contributed by atoms with van der Waals surface area (Å²) in [4.78, 5) is 0. The van der Waals surface area contributed by atoms with Crippen LogP contribution in [0.25, 0.3) is 0 Å². The summed E-state index contributed by atoms with van der Waals surface area (Å²) in [6.07, 6.45) is 1.56. The van der Waals surface area contributed by atoms with Gasteiger partial charge in [0.15, 0.2) is 0 Å². The average Bonchev–Trinajstić information content (AvgIpc) is 2.74. The van der Waals surface area contributed by atoms with E-state index in [0.717, 1.165) is 11.3 Å². The summed E-state index contributed by atoms with van der Waals surface area (Å²) in [7, 11) is -1.82. The fourth-order valence-electron chi connectivity index (χ4n) is 1.92. The second-order valence-corrected chi connectivity index (χ2v) is 6.84. The van der Waals surface area contributed by atoms with Crippen molar-refractivity contribution in [1.29, 1.82) is 0 Å². The van der Waals surface area contributed by atoms with Crippen LogP contribution in [0.4, 0.5) is 5.69 Å². The third-order valence-corrected chi connectivity index (χ3v) is 4.91. The third-order valence-electron chi connectivity index (χ3n) is 3.13. The molecule has 0 saturated heterocycles. The largest absolute Gasteiger partial charge is 0.469 e. The number of anilines is 1. The first-order valence-electron chi connectivity index (χ1n) is 6.20. The van der Waals surface area contributed by atoms with Gasteiger partial charge in [0.1, 0.15) is 5.76 Å². The molecule has 0 saturated carbocycles. The highest BCUT2D eigenvalue weighted by Crippen LogP contribution is 2.17. The van der Waals surface area contributed by atoms with Gasteiger partial charge in [-0.2, -0.15) is 0 Å². The van der Waals surface area contributed by atoms with E-state index >= 15 is 0 Å². The van der Waals surface area contributed by atoms with Crippen molar-refractivity contribution in [3.05, 3.63) is 53.5 Å². The molecule has 0 amide bonds. The zero-order valence-electron chi connectivity index (χ0n) is 11.5. The van der Waals surface area contributed by atoms with Gasteiger partial charge in [-0.25, -0.2) is 12.7 Å². The molecule has 0 atom stereocenters. The van der Waals surface area contributed by atoms with Crippen molar-refractivity contribution in [2.45, 2.75) is 19.2 Å². The lowest BCUT2D eigenvalue weighted by molar-refractivity contribution is 0.458. The zero-order valence-corrected chi connectivity index (χ0v) is 12.4. The van der Waals surface area contributed by atoms with Crippen molar-refractivity contribution >= 4 is 15.7 Å². The molecule has 2 rings (SSSR count). The molecule has 0 bridgehead atoms. The lowest BCUT2D eigenvalue weighted by Crippen LogP contribution is -2.27. The summed E-state index contributed by atoms with van der Waals surface area (Å²) in [6.45, 7) is 2.11. The smallest absolute Gasteiger partial charge is 0.218 e. The number of rotatable bonds is 5. The van der Waals surface area contributed by atoms with E-state index in [4.69, 9.17) is 10.2 Å². The average molecular weight is 294 g/mol. The number of furan rings is 1. The van der Waals surface area contributed by atoms with Crippen molar-refractivity contribution in [1.82, 2.24) is 4.31 Å². The summed E-state index contributed by atoms with van der Waals surface area (Å²) >= 11 is 0. The Morgan fingerprint density at radius 3 is 2.65 bits per heavy atom. The SMILES string of the molecule is Cc1occc1CN(C)S(=O)(=O)Cc1cccc(N)c1. The molecule has 2 aromatic rings. The molecule has 1 aromatic heterocycles. The highest BCUT2D eigenvalue weighted by atomic mass is 32.2. The molecule has 0 fully saturated rings. The van der Waals surface area contributed by atoms with E-state index in [1.807, 2.05) is 6.92 Å². The minimum atomic E-state index is -3.39. The molecule has 0 aliphatic carbocycles. The highest BCUT2D eigenvalue weighted by Gasteiger charge is 2.20. The molecule has 0 aliphatic rings. The predicted molar refractivity (Wildman–Crippen MR) is 78.4 cm³/mol. The number of hydrogen-bond acceptors (Lipinski definition) is 4. The number of benzene rings is 1. The van der Waals surface area contributed by atoms with Gasteiger partial charge in [-0.15, -0.1) is 0 Å². The maximum atomic E-state index is 12.3. The van der Waals surface area contributed by atoms with Crippen LogP contribution in [-0.2, 0) is 22.3 Å². The summed E-state index contributed by atoms with van der Waals surface area (Å²) in [6, 6.07) is 8.69. The number of nitrogens with zero attached hydrogens (tertiary/aromatic N) is 1. The normalized spacial score (nSPS) is 11.9. The van der Waals surface area contributed by atoms with Crippen LogP contribution in [0, 0.1) is 6.92 Å². The van der Waals surface area contributed by atoms with Crippen LogP contribution in [0.1, 0.15) is 16.9 Å². The van der Waals surface area contributed by atoms with Crippen molar-refractivity contribution in [3.8, 4) is 0 Å². The molecular formula is C14H18N2O3S. The minimum Gasteiger partial charge on any atom is -0.469 e. The van der Waals surface area contributed by atoms with Gasteiger partial charge in [0.25, 0.3) is 0 Å². The topological polar surface area (TPSA) is 76.5 Å². The van der Waals surface area contributed by atoms with Crippen molar-refractivity contribution in [3.63, 3.8) is 0 Å². The van der Waals surface area contributed by atoms with Crippen molar-refractivity contribution in [2.75, 3.05) is 12.8 Å². The Hall–Kier alpha value is -1.79. The van der Waals surface area contributed by atoms with Gasteiger partial charge in [-0.1, -0.05) is 12.1 Å². The Bertz CT molecular complexity index is 692. The molecule has 0 radical (unpaired) electrons. The summed E-state index contributed by atoms with van der Waals surface area (Å²) in [5.41, 5.74) is 7.77. The van der Waals surface area contributed by atoms with Crippen LogP contribution < -0.4 is 5.73 Å². The standard InChI is InChI=1S/C14H18N2O3S/c1-11-13(6-7-19-11)9-16(2)20(17,18)10-12-4-3-5-14(15)8-12/h3-8H,9-10,15H2,1-2H3. The van der Waals surface area contributed by atoms with E-state index in [-0.39, 0.29) is 5.75 Å². The van der Waals surface area contributed by atoms with E-state index in [0.29, 0.717) is 17.8 Å². The van der Waals surface area contributed by atoms with Crippen LogP contribution in [0.15, 0.2) is 41.0 Å². The second-order valence-electron chi connectivity index (χ2n) is 4.76. The summed E-state index contributed by atoms with van der Waals surface area (Å²) < 4.78 is 31.1. The summed E-state index contributed by atoms with van der Waals surface area (Å²) in [5.74, 6) is 0.668. The van der Waals surface area contributed by atoms with Gasteiger partial charge in [0.2, 0.25) is 10.0 Å². The van der Waals surface area contributed by atoms with E-state index in [9.17, 15) is 8.42 Å². The van der Waals surface area contributed by atoms with E-state index in [1.54, 1.807) is 43.6 Å². The maximum absolute atomic E-state index is 12.3. The van der Waals surface area contributed by atoms with Gasteiger partial charge in [0.05, 0.1) is 12.0 Å². The van der Waals surface area contributed by atoms with Gasteiger partial charge in [-0.3, -0.25) is 0 Å². The molecule has 5 nitrogen and oxygen atoms in total. The third kappa shape index (κ3) is 3.40. The molecule has 0 unspecified atom stereocenters. The molecule has 6 heteroatoms. The molecular weight excluding hydrogens is 276 g/mol. The summed E-state index contributed by atoms with van der Waals surface area (Å²) in [5, 5.41) is 0. The number of aryl methyl sites for hydroxylation is 1. The highest BCUT2D eigenvalue weighted by molar-refractivity contribution is 7.88. The predicted octanol–water partition coefficient (Wildman–Crippen LogP) is 2.13. The minimum absolute atomic E-state index is 0.0640. The fourth-order valence-corrected chi connectivity index (χ4v) is 3.07. The first-order chi connectivity index (χ1) is 9.38. The first-order valence-corrected chi connectivity index (χ1v) is 7.81. The van der Waals surface area contributed by atoms with E-state index < -0.39 is 10.0 Å². The lowest BCUT2D eigenvalue weighted by atomic mass is 10.2. The Balaban J connectivity index is 2.12. The van der Waals surface area contributed by atoms with Gasteiger partial charge in [0, 0.05) is 24.8 Å². The number of nitrogen functional groups attached to an aromatic ring is 1. The molecule has 20 heavy (non-hydrogen) atoms. The van der Waals surface area contributed by atoms with Crippen LogP contribution in [0.2, 0.25) is 0 Å². The molecule has 1 heterocycles. The number of sulfonamides is 1. The molecule has 2 N–H and O–H groups in total. The van der Waals surface area contributed by atoms with Gasteiger partial charge < -0.3 is 10.2 Å². The first kappa shape index (κ1) is 14.6. The maximum Gasteiger partial charge on any atom is 0.218 e. The molecule has 1 aromatic carbocycles. The quantitative estimate of drug-likeness (QED) is 0.857. The van der Waals surface area contributed by atoms with Crippen molar-refractivity contribution < 1.29 is 12.8 Å². The van der Waals surface area contributed by atoms with E-state index in [2.05, 4.69) is 0 Å². The van der Waals surface area contributed by atoms with Gasteiger partial charge >= 0.3 is 0 Å². The molecule has 108 valence electrons.